The van der Waals surface area contributed by atoms with Gasteiger partial charge in [0.1, 0.15) is 18.5 Å². The van der Waals surface area contributed by atoms with Crippen molar-refractivity contribution in [2.45, 2.75) is 31.7 Å². The monoisotopic (exact) mass is 445 g/mol. The fourth-order valence-electron chi connectivity index (χ4n) is 3.71. The van der Waals surface area contributed by atoms with Gasteiger partial charge < -0.3 is 20.1 Å². The van der Waals surface area contributed by atoms with Crippen LogP contribution in [0.5, 0.6) is 0 Å². The predicted octanol–water partition coefficient (Wildman–Crippen LogP) is 2.34. The Kier molecular flexibility index (Phi) is 6.66. The van der Waals surface area contributed by atoms with Crippen LogP contribution in [0.2, 0.25) is 0 Å². The molecule has 4 rings (SSSR count). The molecule has 168 valence electrons. The quantitative estimate of drug-likeness (QED) is 0.534. The van der Waals surface area contributed by atoms with Gasteiger partial charge in [-0.3, -0.25) is 9.69 Å². The van der Waals surface area contributed by atoms with Crippen LogP contribution in [-0.4, -0.2) is 50.7 Å². The normalized spacial score (nSPS) is 17.4. The largest absolute Gasteiger partial charge is 0.445 e. The number of hydrogen-bond donors (Lipinski definition) is 3. The molecule has 0 spiro atoms. The number of amides is 2. The molecule has 1 fully saturated rings. The summed E-state index contributed by atoms with van der Waals surface area (Å²) in [4.78, 5) is 33.9. The van der Waals surface area contributed by atoms with Crippen LogP contribution in [0, 0.1) is 11.3 Å². The van der Waals surface area contributed by atoms with Crippen LogP contribution in [0.25, 0.3) is 11.3 Å². The molecule has 3 aromatic rings. The maximum atomic E-state index is 12.8. The summed E-state index contributed by atoms with van der Waals surface area (Å²) in [6.07, 6.45) is 0.321. The van der Waals surface area contributed by atoms with Crippen LogP contribution in [-0.2, 0) is 22.7 Å². The van der Waals surface area contributed by atoms with Crippen LogP contribution in [0.3, 0.4) is 0 Å². The molecule has 1 aromatic heterocycles. The minimum atomic E-state index is -0.829. The lowest BCUT2D eigenvalue weighted by Crippen LogP contribution is -2.46. The number of imidazole rings is 1. The number of nitrogens with zero attached hydrogens (tertiary/aromatic N) is 3. The Morgan fingerprint density at radius 1 is 1.24 bits per heavy atom. The van der Waals surface area contributed by atoms with E-state index in [4.69, 9.17) is 10.00 Å². The van der Waals surface area contributed by atoms with Crippen LogP contribution in [0.15, 0.2) is 60.8 Å². The number of nitriles is 1. The Hall–Kier alpha value is -4.16. The SMILES string of the molecule is N#Cc1cccc(-c2cnc(CNC(=O)[C@@H]3C[C@@H](O)CN3C(=O)OCc3ccccc3)[nH]2)c1. The first-order chi connectivity index (χ1) is 16.0. The van der Waals surface area contributed by atoms with E-state index in [-0.39, 0.29) is 26.1 Å². The highest BCUT2D eigenvalue weighted by molar-refractivity contribution is 5.86. The predicted molar refractivity (Wildman–Crippen MR) is 118 cm³/mol. The van der Waals surface area contributed by atoms with E-state index < -0.39 is 24.1 Å². The Morgan fingerprint density at radius 2 is 2.06 bits per heavy atom. The highest BCUT2D eigenvalue weighted by atomic mass is 16.6. The van der Waals surface area contributed by atoms with E-state index in [1.807, 2.05) is 36.4 Å². The first-order valence-corrected chi connectivity index (χ1v) is 10.5. The summed E-state index contributed by atoms with van der Waals surface area (Å²) in [5.74, 6) is 0.130. The minimum Gasteiger partial charge on any atom is -0.445 e. The zero-order valence-electron chi connectivity index (χ0n) is 17.8. The van der Waals surface area contributed by atoms with Crippen molar-refractivity contribution < 1.29 is 19.4 Å². The molecule has 2 heterocycles. The van der Waals surface area contributed by atoms with Gasteiger partial charge >= 0.3 is 6.09 Å². The number of hydrogen-bond acceptors (Lipinski definition) is 6. The van der Waals surface area contributed by atoms with Crippen molar-refractivity contribution in [1.82, 2.24) is 20.2 Å². The Labute approximate surface area is 190 Å². The van der Waals surface area contributed by atoms with Gasteiger partial charge in [0.05, 0.1) is 42.7 Å². The first kappa shape index (κ1) is 22.0. The first-order valence-electron chi connectivity index (χ1n) is 10.5. The number of carbonyl (C=O) groups excluding carboxylic acids is 2. The van der Waals surface area contributed by atoms with Gasteiger partial charge in [-0.2, -0.15) is 5.26 Å². The van der Waals surface area contributed by atoms with Crippen molar-refractivity contribution in [2.75, 3.05) is 6.54 Å². The maximum absolute atomic E-state index is 12.8. The molecule has 2 aromatic carbocycles. The Balaban J connectivity index is 1.34. The highest BCUT2D eigenvalue weighted by Crippen LogP contribution is 2.21. The van der Waals surface area contributed by atoms with Crippen molar-refractivity contribution in [2.24, 2.45) is 0 Å². The number of aliphatic hydroxyl groups is 1. The molecule has 9 heteroatoms. The van der Waals surface area contributed by atoms with Gasteiger partial charge in [-0.1, -0.05) is 42.5 Å². The number of carbonyl (C=O) groups is 2. The Bertz CT molecular complexity index is 1170. The average Bonchev–Trinajstić information content (AvgIpc) is 3.48. The molecule has 1 saturated heterocycles. The maximum Gasteiger partial charge on any atom is 0.410 e. The number of nitrogens with one attached hydrogen (secondary N) is 2. The van der Waals surface area contributed by atoms with Crippen molar-refractivity contribution >= 4 is 12.0 Å². The molecule has 0 bridgehead atoms. The highest BCUT2D eigenvalue weighted by Gasteiger charge is 2.39. The van der Waals surface area contributed by atoms with Gasteiger partial charge in [-0.05, 0) is 17.7 Å². The number of rotatable bonds is 6. The number of H-pyrrole nitrogens is 1. The number of ether oxygens (including phenoxy) is 1. The number of aliphatic hydroxyl groups excluding tert-OH is 1. The number of aromatic nitrogens is 2. The van der Waals surface area contributed by atoms with E-state index in [2.05, 4.69) is 21.4 Å². The van der Waals surface area contributed by atoms with Gasteiger partial charge in [0.25, 0.3) is 0 Å². The average molecular weight is 445 g/mol. The topological polar surface area (TPSA) is 131 Å². The van der Waals surface area contributed by atoms with E-state index in [0.29, 0.717) is 11.4 Å². The third-order valence-corrected chi connectivity index (χ3v) is 5.38. The molecule has 2 amide bonds. The molecule has 1 aliphatic heterocycles. The molecule has 0 radical (unpaired) electrons. The lowest BCUT2D eigenvalue weighted by Gasteiger charge is -2.22. The van der Waals surface area contributed by atoms with Crippen molar-refractivity contribution in [3.05, 3.63) is 77.7 Å². The standard InChI is InChI=1S/C24H23N5O4/c25-11-17-7-4-8-18(9-17)20-12-26-22(28-20)13-27-23(31)21-10-19(30)14-29(21)24(32)33-15-16-5-2-1-3-6-16/h1-9,12,19,21,30H,10,13-15H2,(H,26,28)(H,27,31)/t19-,21+/m1/s1. The van der Waals surface area contributed by atoms with E-state index >= 15 is 0 Å². The molecule has 3 N–H and O–H groups in total. The molecular formula is C24H23N5O4. The molecule has 33 heavy (non-hydrogen) atoms. The molecule has 0 aliphatic carbocycles. The van der Waals surface area contributed by atoms with E-state index in [1.54, 1.807) is 24.4 Å². The third-order valence-electron chi connectivity index (χ3n) is 5.38. The molecule has 1 aliphatic rings. The van der Waals surface area contributed by atoms with Gasteiger partial charge in [0.2, 0.25) is 5.91 Å². The molecular weight excluding hydrogens is 422 g/mol. The summed E-state index contributed by atoms with van der Waals surface area (Å²) in [6, 6.07) is 17.6. The fourth-order valence-corrected chi connectivity index (χ4v) is 3.71. The molecule has 2 atom stereocenters. The van der Waals surface area contributed by atoms with Crippen molar-refractivity contribution in [3.63, 3.8) is 0 Å². The lowest BCUT2D eigenvalue weighted by atomic mass is 10.1. The van der Waals surface area contributed by atoms with Gasteiger partial charge in [-0.15, -0.1) is 0 Å². The number of aromatic amines is 1. The van der Waals surface area contributed by atoms with Gasteiger partial charge in [-0.25, -0.2) is 9.78 Å². The number of likely N-dealkylation sites (tertiary alicyclic amines) is 1. The van der Waals surface area contributed by atoms with E-state index in [9.17, 15) is 14.7 Å². The van der Waals surface area contributed by atoms with Gasteiger partial charge in [0.15, 0.2) is 0 Å². The lowest BCUT2D eigenvalue weighted by molar-refractivity contribution is -0.125. The second-order valence-electron chi connectivity index (χ2n) is 7.75. The van der Waals surface area contributed by atoms with Crippen LogP contribution < -0.4 is 5.32 Å². The number of β-amino-alcohol motifs (C(OH)–C–C–N with tert-alkyl or cyclic N) is 1. The molecule has 0 unspecified atom stereocenters. The fraction of sp³-hybridized carbons (Fsp3) is 0.250. The summed E-state index contributed by atoms with van der Waals surface area (Å²) in [5.41, 5.74) is 2.90. The second kappa shape index (κ2) is 9.97. The van der Waals surface area contributed by atoms with Gasteiger partial charge in [0, 0.05) is 12.0 Å². The molecule has 0 saturated carbocycles. The summed E-state index contributed by atoms with van der Waals surface area (Å²) in [7, 11) is 0. The van der Waals surface area contributed by atoms with Crippen LogP contribution in [0.4, 0.5) is 4.79 Å². The van der Waals surface area contributed by atoms with Crippen LogP contribution in [0.1, 0.15) is 23.4 Å². The summed E-state index contributed by atoms with van der Waals surface area (Å²) < 4.78 is 5.33. The zero-order valence-corrected chi connectivity index (χ0v) is 17.8. The third kappa shape index (κ3) is 5.37. The minimum absolute atomic E-state index is 0.0336. The zero-order chi connectivity index (χ0) is 23.2. The molecule has 9 nitrogen and oxygen atoms in total. The summed E-state index contributed by atoms with van der Waals surface area (Å²) >= 11 is 0. The van der Waals surface area contributed by atoms with Crippen molar-refractivity contribution in [1.29, 1.82) is 5.26 Å². The van der Waals surface area contributed by atoms with Crippen molar-refractivity contribution in [3.8, 4) is 17.3 Å². The van der Waals surface area contributed by atoms with Crippen LogP contribution >= 0.6 is 0 Å². The summed E-state index contributed by atoms with van der Waals surface area (Å²) in [6.45, 7) is 0.241. The van der Waals surface area contributed by atoms with E-state index in [1.165, 1.54) is 4.90 Å². The second-order valence-corrected chi connectivity index (χ2v) is 7.75. The smallest absolute Gasteiger partial charge is 0.410 e. The van der Waals surface area contributed by atoms with E-state index in [0.717, 1.165) is 16.8 Å². The Morgan fingerprint density at radius 3 is 2.85 bits per heavy atom. The summed E-state index contributed by atoms with van der Waals surface area (Å²) in [5, 5.41) is 21.9. The number of benzene rings is 2.